The third-order valence-electron chi connectivity index (χ3n) is 4.11. The summed E-state index contributed by atoms with van der Waals surface area (Å²) in [7, 11) is 0. The monoisotopic (exact) mass is 313 g/mol. The van der Waals surface area contributed by atoms with Gasteiger partial charge in [-0.15, -0.1) is 11.3 Å². The van der Waals surface area contributed by atoms with Crippen LogP contribution in [-0.4, -0.2) is 48.1 Å². The number of carbonyl (C=O) groups is 1. The van der Waals surface area contributed by atoms with Crippen molar-refractivity contribution in [3.05, 3.63) is 21.3 Å². The standard InChI is InChI=1S/C14H20ClN3OS/c15-11-8-13(20-10-11)9-17-6-2-12(3-7-17)18-5-1-4-16-14(18)19/h8,10,12H,1-7,9H2,(H,16,19). The molecule has 1 N–H and O–H groups in total. The van der Waals surface area contributed by atoms with Crippen molar-refractivity contribution in [1.82, 2.24) is 15.1 Å². The van der Waals surface area contributed by atoms with Gasteiger partial charge in [-0.25, -0.2) is 4.79 Å². The number of amides is 2. The third kappa shape index (κ3) is 3.27. The fourth-order valence-electron chi connectivity index (χ4n) is 3.04. The minimum absolute atomic E-state index is 0.125. The van der Waals surface area contributed by atoms with Crippen molar-refractivity contribution in [1.29, 1.82) is 0 Å². The highest BCUT2D eigenvalue weighted by Gasteiger charge is 2.29. The SMILES string of the molecule is O=C1NCCCN1C1CCN(Cc2cc(Cl)cs2)CC1. The molecular weight excluding hydrogens is 294 g/mol. The molecule has 0 bridgehead atoms. The van der Waals surface area contributed by atoms with E-state index in [0.29, 0.717) is 6.04 Å². The third-order valence-corrected chi connectivity index (χ3v) is 5.38. The van der Waals surface area contributed by atoms with Crippen molar-refractivity contribution in [2.24, 2.45) is 0 Å². The number of rotatable bonds is 3. The Hall–Kier alpha value is -0.780. The number of nitrogens with zero attached hydrogens (tertiary/aromatic N) is 2. The van der Waals surface area contributed by atoms with E-state index in [0.717, 1.165) is 57.0 Å². The molecule has 0 aliphatic carbocycles. The van der Waals surface area contributed by atoms with Crippen molar-refractivity contribution in [3.63, 3.8) is 0 Å². The maximum absolute atomic E-state index is 11.9. The van der Waals surface area contributed by atoms with Crippen LogP contribution in [0.25, 0.3) is 0 Å². The first-order chi connectivity index (χ1) is 9.72. The second kappa shape index (κ2) is 6.33. The Labute approximate surface area is 128 Å². The summed E-state index contributed by atoms with van der Waals surface area (Å²) in [6, 6.07) is 2.59. The summed E-state index contributed by atoms with van der Waals surface area (Å²) in [5, 5.41) is 5.77. The second-order valence-electron chi connectivity index (χ2n) is 5.52. The Bertz CT molecular complexity index is 471. The van der Waals surface area contributed by atoms with Gasteiger partial charge in [-0.1, -0.05) is 11.6 Å². The number of hydrogen-bond donors (Lipinski definition) is 1. The molecule has 2 aliphatic rings. The number of urea groups is 1. The van der Waals surface area contributed by atoms with E-state index in [9.17, 15) is 4.79 Å². The quantitative estimate of drug-likeness (QED) is 0.931. The average molecular weight is 314 g/mol. The van der Waals surface area contributed by atoms with E-state index in [1.54, 1.807) is 11.3 Å². The van der Waals surface area contributed by atoms with E-state index in [4.69, 9.17) is 11.6 Å². The Kier molecular flexibility index (Phi) is 4.48. The van der Waals surface area contributed by atoms with Gasteiger partial charge < -0.3 is 10.2 Å². The molecular formula is C14H20ClN3OS. The van der Waals surface area contributed by atoms with Crippen molar-refractivity contribution < 1.29 is 4.79 Å². The predicted octanol–water partition coefficient (Wildman–Crippen LogP) is 2.78. The largest absolute Gasteiger partial charge is 0.338 e. The topological polar surface area (TPSA) is 35.6 Å². The van der Waals surface area contributed by atoms with E-state index in [2.05, 4.69) is 16.3 Å². The van der Waals surface area contributed by atoms with Gasteiger partial charge in [0.1, 0.15) is 0 Å². The molecule has 2 saturated heterocycles. The number of likely N-dealkylation sites (tertiary alicyclic amines) is 1. The van der Waals surface area contributed by atoms with E-state index in [1.807, 2.05) is 10.3 Å². The smallest absolute Gasteiger partial charge is 0.317 e. The molecule has 0 atom stereocenters. The van der Waals surface area contributed by atoms with E-state index in [-0.39, 0.29) is 6.03 Å². The Morgan fingerprint density at radius 1 is 1.35 bits per heavy atom. The molecule has 0 aromatic carbocycles. The summed E-state index contributed by atoms with van der Waals surface area (Å²) < 4.78 is 0. The van der Waals surface area contributed by atoms with Crippen LogP contribution in [0.1, 0.15) is 24.1 Å². The van der Waals surface area contributed by atoms with Crippen LogP contribution in [0.15, 0.2) is 11.4 Å². The van der Waals surface area contributed by atoms with Crippen molar-refractivity contribution in [3.8, 4) is 0 Å². The van der Waals surface area contributed by atoms with Crippen molar-refractivity contribution in [2.45, 2.75) is 31.8 Å². The molecule has 1 aromatic rings. The molecule has 2 aliphatic heterocycles. The first-order valence-corrected chi connectivity index (χ1v) is 8.48. The van der Waals surface area contributed by atoms with Gasteiger partial charge >= 0.3 is 6.03 Å². The molecule has 1 aromatic heterocycles. The summed E-state index contributed by atoms with van der Waals surface area (Å²) in [5.41, 5.74) is 0. The number of nitrogens with one attached hydrogen (secondary N) is 1. The maximum Gasteiger partial charge on any atom is 0.317 e. The van der Waals surface area contributed by atoms with Crippen LogP contribution in [0.3, 0.4) is 0 Å². The molecule has 2 amide bonds. The zero-order valence-corrected chi connectivity index (χ0v) is 13.1. The van der Waals surface area contributed by atoms with Gasteiger partial charge in [-0.3, -0.25) is 4.90 Å². The van der Waals surface area contributed by atoms with Gasteiger partial charge in [0.25, 0.3) is 0 Å². The van der Waals surface area contributed by atoms with Crippen LogP contribution in [-0.2, 0) is 6.54 Å². The fourth-order valence-corrected chi connectivity index (χ4v) is 4.16. The molecule has 0 unspecified atom stereocenters. The molecule has 0 saturated carbocycles. The highest BCUT2D eigenvalue weighted by molar-refractivity contribution is 7.10. The molecule has 6 heteroatoms. The maximum atomic E-state index is 11.9. The van der Waals surface area contributed by atoms with Gasteiger partial charge in [0.2, 0.25) is 0 Å². The molecule has 20 heavy (non-hydrogen) atoms. The molecule has 2 fully saturated rings. The van der Waals surface area contributed by atoms with Gasteiger partial charge in [0, 0.05) is 49.0 Å². The van der Waals surface area contributed by atoms with Crippen molar-refractivity contribution in [2.75, 3.05) is 26.2 Å². The molecule has 4 nitrogen and oxygen atoms in total. The zero-order valence-electron chi connectivity index (χ0n) is 11.5. The van der Waals surface area contributed by atoms with Crippen LogP contribution in [0.4, 0.5) is 4.79 Å². The number of piperidine rings is 1. The Morgan fingerprint density at radius 2 is 2.15 bits per heavy atom. The minimum Gasteiger partial charge on any atom is -0.338 e. The van der Waals surface area contributed by atoms with E-state index >= 15 is 0 Å². The molecule has 110 valence electrons. The first kappa shape index (κ1) is 14.2. The summed E-state index contributed by atoms with van der Waals surface area (Å²) in [5.74, 6) is 0. The lowest BCUT2D eigenvalue weighted by Crippen LogP contribution is -2.54. The van der Waals surface area contributed by atoms with E-state index in [1.165, 1.54) is 4.88 Å². The summed E-state index contributed by atoms with van der Waals surface area (Å²) in [6.07, 6.45) is 3.22. The lowest BCUT2D eigenvalue weighted by molar-refractivity contribution is 0.109. The first-order valence-electron chi connectivity index (χ1n) is 7.22. The van der Waals surface area contributed by atoms with Crippen LogP contribution in [0.2, 0.25) is 5.02 Å². The number of thiophene rings is 1. The second-order valence-corrected chi connectivity index (χ2v) is 6.95. The molecule has 3 heterocycles. The Balaban J connectivity index is 1.50. The van der Waals surface area contributed by atoms with Crippen LogP contribution in [0.5, 0.6) is 0 Å². The summed E-state index contributed by atoms with van der Waals surface area (Å²) >= 11 is 7.68. The van der Waals surface area contributed by atoms with Gasteiger partial charge in [0.15, 0.2) is 0 Å². The highest BCUT2D eigenvalue weighted by Crippen LogP contribution is 2.24. The number of hydrogen-bond acceptors (Lipinski definition) is 3. The van der Waals surface area contributed by atoms with E-state index < -0.39 is 0 Å². The molecule has 3 rings (SSSR count). The average Bonchev–Trinajstić information content (AvgIpc) is 2.86. The van der Waals surface area contributed by atoms with Gasteiger partial charge in [-0.2, -0.15) is 0 Å². The number of carbonyl (C=O) groups excluding carboxylic acids is 1. The fraction of sp³-hybridized carbons (Fsp3) is 0.643. The lowest BCUT2D eigenvalue weighted by Gasteiger charge is -2.40. The summed E-state index contributed by atoms with van der Waals surface area (Å²) in [4.78, 5) is 17.7. The van der Waals surface area contributed by atoms with Crippen LogP contribution >= 0.6 is 22.9 Å². The molecule has 0 spiro atoms. The van der Waals surface area contributed by atoms with Gasteiger partial charge in [-0.05, 0) is 25.3 Å². The normalized spacial score (nSPS) is 22.1. The summed E-state index contributed by atoms with van der Waals surface area (Å²) in [6.45, 7) is 4.84. The van der Waals surface area contributed by atoms with Crippen molar-refractivity contribution >= 4 is 29.0 Å². The molecule has 0 radical (unpaired) electrons. The lowest BCUT2D eigenvalue weighted by atomic mass is 10.0. The minimum atomic E-state index is 0.125. The highest BCUT2D eigenvalue weighted by atomic mass is 35.5. The van der Waals surface area contributed by atoms with Crippen LogP contribution < -0.4 is 5.32 Å². The van der Waals surface area contributed by atoms with Crippen LogP contribution in [0, 0.1) is 0 Å². The van der Waals surface area contributed by atoms with Gasteiger partial charge in [0.05, 0.1) is 5.02 Å². The Morgan fingerprint density at radius 3 is 2.80 bits per heavy atom. The number of halogens is 1. The predicted molar refractivity (Wildman–Crippen MR) is 82.3 cm³/mol. The zero-order chi connectivity index (χ0) is 13.9.